The summed E-state index contributed by atoms with van der Waals surface area (Å²) in [5, 5.41) is 21.6. The first kappa shape index (κ1) is 16.9. The van der Waals surface area contributed by atoms with E-state index in [0.717, 1.165) is 13.0 Å². The van der Waals surface area contributed by atoms with E-state index in [1.54, 1.807) is 14.1 Å². The zero-order valence-electron chi connectivity index (χ0n) is 13.9. The average molecular weight is 320 g/mol. The molecule has 0 aromatic carbocycles. The number of hydrogen-bond donors (Lipinski definition) is 5. The molecule has 0 spiro atoms. The second kappa shape index (κ2) is 7.73. The van der Waals surface area contributed by atoms with Crippen LogP contribution in [0.4, 0.5) is 23.5 Å². The van der Waals surface area contributed by atoms with E-state index in [1.165, 1.54) is 0 Å². The molecule has 2 heterocycles. The van der Waals surface area contributed by atoms with Crippen molar-refractivity contribution in [3.8, 4) is 0 Å². The van der Waals surface area contributed by atoms with E-state index >= 15 is 0 Å². The summed E-state index contributed by atoms with van der Waals surface area (Å²) in [5.41, 5.74) is 1.23. The molecule has 23 heavy (non-hydrogen) atoms. The van der Waals surface area contributed by atoms with Crippen molar-refractivity contribution in [2.45, 2.75) is 26.3 Å². The van der Waals surface area contributed by atoms with E-state index in [4.69, 9.17) is 0 Å². The van der Waals surface area contributed by atoms with Gasteiger partial charge in [-0.15, -0.1) is 0 Å². The van der Waals surface area contributed by atoms with Gasteiger partial charge in [0, 0.05) is 26.7 Å². The summed E-state index contributed by atoms with van der Waals surface area (Å²) >= 11 is 0. The van der Waals surface area contributed by atoms with E-state index in [0.29, 0.717) is 34.6 Å². The highest BCUT2D eigenvalue weighted by atomic mass is 16.3. The lowest BCUT2D eigenvalue weighted by molar-refractivity contribution is 0.281. The molecule has 1 atom stereocenters. The van der Waals surface area contributed by atoms with Crippen molar-refractivity contribution in [2.75, 3.05) is 48.5 Å². The molecule has 0 fully saturated rings. The summed E-state index contributed by atoms with van der Waals surface area (Å²) in [7, 11) is 3.51. The van der Waals surface area contributed by atoms with Crippen LogP contribution in [0, 0.1) is 0 Å². The van der Waals surface area contributed by atoms with Gasteiger partial charge in [-0.25, -0.2) is 9.97 Å². The zero-order valence-corrected chi connectivity index (χ0v) is 13.9. The lowest BCUT2D eigenvalue weighted by atomic mass is 10.3. The Morgan fingerprint density at radius 2 is 1.52 bits per heavy atom. The zero-order chi connectivity index (χ0) is 16.8. The first-order valence-corrected chi connectivity index (χ1v) is 7.69. The highest BCUT2D eigenvalue weighted by molar-refractivity contribution is 5.94. The number of anilines is 4. The van der Waals surface area contributed by atoms with Crippen molar-refractivity contribution < 1.29 is 5.11 Å². The first-order valence-electron chi connectivity index (χ1n) is 7.69. The van der Waals surface area contributed by atoms with Gasteiger partial charge >= 0.3 is 0 Å². The van der Waals surface area contributed by atoms with Gasteiger partial charge in [0.2, 0.25) is 11.9 Å². The third-order valence-electron chi connectivity index (χ3n) is 3.19. The quantitative estimate of drug-likeness (QED) is 0.487. The van der Waals surface area contributed by atoms with Gasteiger partial charge < -0.3 is 26.4 Å². The SMILES string of the molecule is CCCNc1nc(NC)nc2c(NC(C)CO)nc(NC)nc12. The molecule has 0 aliphatic rings. The number of hydrogen-bond acceptors (Lipinski definition) is 9. The van der Waals surface area contributed by atoms with E-state index in [9.17, 15) is 5.11 Å². The fourth-order valence-corrected chi connectivity index (χ4v) is 1.99. The minimum atomic E-state index is -0.155. The molecule has 0 radical (unpaired) electrons. The monoisotopic (exact) mass is 320 g/mol. The lowest BCUT2D eigenvalue weighted by Crippen LogP contribution is -2.21. The molecule has 9 heteroatoms. The van der Waals surface area contributed by atoms with Gasteiger partial charge in [-0.3, -0.25) is 0 Å². The number of nitrogens with one attached hydrogen (secondary N) is 4. The summed E-state index contributed by atoms with van der Waals surface area (Å²) in [5.74, 6) is 2.15. The molecule has 0 aliphatic heterocycles. The Morgan fingerprint density at radius 1 is 0.957 bits per heavy atom. The molecular weight excluding hydrogens is 296 g/mol. The lowest BCUT2D eigenvalue weighted by Gasteiger charge is -2.16. The maximum absolute atomic E-state index is 9.29. The van der Waals surface area contributed by atoms with Crippen LogP contribution in [-0.4, -0.2) is 58.3 Å². The van der Waals surface area contributed by atoms with E-state index in [2.05, 4.69) is 48.1 Å². The Labute approximate surface area is 135 Å². The summed E-state index contributed by atoms with van der Waals surface area (Å²) in [6.45, 7) is 4.72. The highest BCUT2D eigenvalue weighted by Gasteiger charge is 2.16. The fourth-order valence-electron chi connectivity index (χ4n) is 1.99. The molecule has 0 bridgehead atoms. The van der Waals surface area contributed by atoms with E-state index in [1.807, 2.05) is 6.92 Å². The molecule has 0 amide bonds. The normalized spacial score (nSPS) is 12.0. The number of aromatic nitrogens is 4. The highest BCUT2D eigenvalue weighted by Crippen LogP contribution is 2.27. The topological polar surface area (TPSA) is 120 Å². The maximum atomic E-state index is 9.29. The summed E-state index contributed by atoms with van der Waals surface area (Å²) in [6.07, 6.45) is 0.969. The minimum Gasteiger partial charge on any atom is -0.394 e. The summed E-state index contributed by atoms with van der Waals surface area (Å²) in [6, 6.07) is -0.155. The van der Waals surface area contributed by atoms with Crippen LogP contribution in [0.25, 0.3) is 11.0 Å². The minimum absolute atomic E-state index is 0.00864. The van der Waals surface area contributed by atoms with Crippen molar-refractivity contribution >= 4 is 34.6 Å². The van der Waals surface area contributed by atoms with Gasteiger partial charge in [-0.2, -0.15) is 9.97 Å². The van der Waals surface area contributed by atoms with Crippen molar-refractivity contribution in [1.82, 2.24) is 19.9 Å². The Bertz CT molecular complexity index is 663. The van der Waals surface area contributed by atoms with Crippen LogP contribution in [0.1, 0.15) is 20.3 Å². The molecule has 0 aliphatic carbocycles. The predicted molar refractivity (Wildman–Crippen MR) is 93.2 cm³/mol. The van der Waals surface area contributed by atoms with E-state index < -0.39 is 0 Å². The molecule has 2 rings (SSSR count). The first-order chi connectivity index (χ1) is 11.1. The van der Waals surface area contributed by atoms with Crippen LogP contribution in [0.15, 0.2) is 0 Å². The number of aliphatic hydroxyl groups excluding tert-OH is 1. The van der Waals surface area contributed by atoms with Crippen LogP contribution in [0.5, 0.6) is 0 Å². The molecule has 0 saturated carbocycles. The molecular formula is C14H24N8O. The maximum Gasteiger partial charge on any atom is 0.225 e. The van der Waals surface area contributed by atoms with Crippen molar-refractivity contribution in [1.29, 1.82) is 0 Å². The smallest absolute Gasteiger partial charge is 0.225 e. The third-order valence-corrected chi connectivity index (χ3v) is 3.19. The molecule has 2 aromatic heterocycles. The van der Waals surface area contributed by atoms with Gasteiger partial charge in [-0.05, 0) is 13.3 Å². The second-order valence-corrected chi connectivity index (χ2v) is 5.14. The Balaban J connectivity index is 2.63. The summed E-state index contributed by atoms with van der Waals surface area (Å²) < 4.78 is 0. The van der Waals surface area contributed by atoms with Crippen molar-refractivity contribution in [3.05, 3.63) is 0 Å². The Morgan fingerprint density at radius 3 is 2.04 bits per heavy atom. The van der Waals surface area contributed by atoms with Crippen molar-refractivity contribution in [2.24, 2.45) is 0 Å². The standard InChI is InChI=1S/C14H24N8O/c1-5-6-17-11-9-10(20-13(15-3)21-11)12(18-8(2)7-23)22-14(16-4)19-9/h8,23H,5-7H2,1-4H3,(H2,15,17,20,21)(H2,16,18,19,22). The molecule has 126 valence electrons. The van der Waals surface area contributed by atoms with Gasteiger partial charge in [-0.1, -0.05) is 6.92 Å². The third kappa shape index (κ3) is 3.86. The Hall–Kier alpha value is -2.42. The largest absolute Gasteiger partial charge is 0.394 e. The van der Waals surface area contributed by atoms with Crippen LogP contribution < -0.4 is 21.3 Å². The molecule has 5 N–H and O–H groups in total. The van der Waals surface area contributed by atoms with Gasteiger partial charge in [0.15, 0.2) is 11.6 Å². The van der Waals surface area contributed by atoms with Crippen LogP contribution in [-0.2, 0) is 0 Å². The van der Waals surface area contributed by atoms with Crippen LogP contribution >= 0.6 is 0 Å². The van der Waals surface area contributed by atoms with Gasteiger partial charge in [0.1, 0.15) is 11.0 Å². The number of rotatable bonds is 8. The molecule has 9 nitrogen and oxygen atoms in total. The number of aliphatic hydroxyl groups is 1. The molecule has 1 unspecified atom stereocenters. The molecule has 2 aromatic rings. The van der Waals surface area contributed by atoms with E-state index in [-0.39, 0.29) is 12.6 Å². The second-order valence-electron chi connectivity index (χ2n) is 5.14. The predicted octanol–water partition coefficient (Wildman–Crippen LogP) is 1.12. The fraction of sp³-hybridized carbons (Fsp3) is 0.571. The van der Waals surface area contributed by atoms with Gasteiger partial charge in [0.25, 0.3) is 0 Å². The van der Waals surface area contributed by atoms with Crippen LogP contribution in [0.3, 0.4) is 0 Å². The number of fused-ring (bicyclic) bond motifs is 1. The average Bonchev–Trinajstić information content (AvgIpc) is 2.59. The van der Waals surface area contributed by atoms with Crippen LogP contribution in [0.2, 0.25) is 0 Å². The summed E-state index contributed by atoms with van der Waals surface area (Å²) in [4.78, 5) is 17.8. The van der Waals surface area contributed by atoms with Crippen molar-refractivity contribution in [3.63, 3.8) is 0 Å². The van der Waals surface area contributed by atoms with Gasteiger partial charge in [0.05, 0.1) is 6.61 Å². The molecule has 0 saturated heterocycles. The number of nitrogens with zero attached hydrogens (tertiary/aromatic N) is 4. The Kier molecular flexibility index (Phi) is 5.69.